The number of hydrogen-bond acceptors (Lipinski definition) is 3. The first-order chi connectivity index (χ1) is 13.8. The Bertz CT molecular complexity index is 921. The molecule has 0 aliphatic carbocycles. The zero-order chi connectivity index (χ0) is 20.6. The minimum Gasteiger partial charge on any atom is -0.301 e. The third kappa shape index (κ3) is 3.98. The van der Waals surface area contributed by atoms with Crippen molar-refractivity contribution in [3.63, 3.8) is 0 Å². The molecule has 1 atom stereocenters. The standard InChI is InChI=1S/C24H28Cl2N2O/c1-23(2)15-27-24(16-28-11-5-6-12-28,19-8-4-3-7-18(19)23)22(29)14-17-9-10-20(25)21(26)13-17/h3-4,7-10,13,27H,5-6,11-12,14-16H2,1-2H3. The van der Waals surface area contributed by atoms with Crippen LogP contribution in [0.1, 0.15) is 43.4 Å². The Hall–Kier alpha value is -1.39. The zero-order valence-corrected chi connectivity index (χ0v) is 18.6. The first-order valence-corrected chi connectivity index (χ1v) is 11.1. The quantitative estimate of drug-likeness (QED) is 0.725. The normalized spacial score (nSPS) is 23.7. The number of nitrogens with one attached hydrogen (secondary N) is 1. The highest BCUT2D eigenvalue weighted by molar-refractivity contribution is 6.42. The Kier molecular flexibility index (Phi) is 5.78. The summed E-state index contributed by atoms with van der Waals surface area (Å²) in [5.41, 5.74) is 2.56. The predicted molar refractivity (Wildman–Crippen MR) is 120 cm³/mol. The number of hydrogen-bond donors (Lipinski definition) is 1. The molecule has 0 spiro atoms. The molecule has 2 aromatic carbocycles. The van der Waals surface area contributed by atoms with Crippen molar-refractivity contribution >= 4 is 29.0 Å². The summed E-state index contributed by atoms with van der Waals surface area (Å²) in [4.78, 5) is 16.3. The van der Waals surface area contributed by atoms with Crippen LogP contribution >= 0.6 is 23.2 Å². The number of rotatable bonds is 5. The minimum atomic E-state index is -0.706. The van der Waals surface area contributed by atoms with E-state index in [-0.39, 0.29) is 11.2 Å². The summed E-state index contributed by atoms with van der Waals surface area (Å²) in [5, 5.41) is 4.70. The van der Waals surface area contributed by atoms with Crippen molar-refractivity contribution in [2.24, 2.45) is 0 Å². The maximum atomic E-state index is 13.9. The zero-order valence-electron chi connectivity index (χ0n) is 17.1. The van der Waals surface area contributed by atoms with Crippen LogP contribution in [0, 0.1) is 0 Å². The van der Waals surface area contributed by atoms with Gasteiger partial charge in [-0.05, 0) is 54.8 Å². The summed E-state index contributed by atoms with van der Waals surface area (Å²) in [6.45, 7) is 8.05. The Morgan fingerprint density at radius 2 is 1.72 bits per heavy atom. The van der Waals surface area contributed by atoms with Crippen molar-refractivity contribution < 1.29 is 4.79 Å². The summed E-state index contributed by atoms with van der Waals surface area (Å²) in [6.07, 6.45) is 2.72. The van der Waals surface area contributed by atoms with E-state index in [4.69, 9.17) is 23.2 Å². The van der Waals surface area contributed by atoms with Gasteiger partial charge < -0.3 is 4.90 Å². The fourth-order valence-corrected chi connectivity index (χ4v) is 5.07. The van der Waals surface area contributed by atoms with Gasteiger partial charge in [0.15, 0.2) is 5.78 Å². The lowest BCUT2D eigenvalue weighted by atomic mass is 9.69. The number of carbonyl (C=O) groups is 1. The number of carbonyl (C=O) groups excluding carboxylic acids is 1. The van der Waals surface area contributed by atoms with Crippen LogP contribution < -0.4 is 5.32 Å². The van der Waals surface area contributed by atoms with Crippen LogP contribution in [0.2, 0.25) is 10.0 Å². The molecule has 3 nitrogen and oxygen atoms in total. The molecule has 0 radical (unpaired) electrons. The molecule has 1 N–H and O–H groups in total. The van der Waals surface area contributed by atoms with Gasteiger partial charge in [-0.3, -0.25) is 10.1 Å². The fourth-order valence-electron chi connectivity index (χ4n) is 4.75. The van der Waals surface area contributed by atoms with Gasteiger partial charge in [-0.1, -0.05) is 67.4 Å². The lowest BCUT2D eigenvalue weighted by molar-refractivity contribution is -0.126. The van der Waals surface area contributed by atoms with Gasteiger partial charge in [-0.15, -0.1) is 0 Å². The van der Waals surface area contributed by atoms with Gasteiger partial charge in [0.1, 0.15) is 5.54 Å². The molecule has 2 heterocycles. The highest BCUT2D eigenvalue weighted by Gasteiger charge is 2.48. The van der Waals surface area contributed by atoms with Crippen molar-refractivity contribution in [1.82, 2.24) is 10.2 Å². The van der Waals surface area contributed by atoms with Crippen molar-refractivity contribution in [2.45, 2.75) is 44.1 Å². The maximum absolute atomic E-state index is 13.9. The smallest absolute Gasteiger partial charge is 0.163 e. The van der Waals surface area contributed by atoms with Crippen LogP contribution in [0.25, 0.3) is 0 Å². The Labute approximate surface area is 183 Å². The van der Waals surface area contributed by atoms with E-state index < -0.39 is 5.54 Å². The van der Waals surface area contributed by atoms with Crippen LogP contribution in [0.15, 0.2) is 42.5 Å². The lowest BCUT2D eigenvalue weighted by Gasteiger charge is -2.47. The number of likely N-dealkylation sites (tertiary alicyclic amines) is 1. The van der Waals surface area contributed by atoms with E-state index in [2.05, 4.69) is 42.3 Å². The van der Waals surface area contributed by atoms with Gasteiger partial charge in [-0.2, -0.15) is 0 Å². The van der Waals surface area contributed by atoms with Gasteiger partial charge in [-0.25, -0.2) is 0 Å². The molecular weight excluding hydrogens is 403 g/mol. The van der Waals surface area contributed by atoms with Gasteiger partial charge in [0, 0.05) is 24.9 Å². The molecular formula is C24H28Cl2N2O. The van der Waals surface area contributed by atoms with Crippen molar-refractivity contribution in [2.75, 3.05) is 26.2 Å². The number of benzene rings is 2. The average molecular weight is 431 g/mol. The average Bonchev–Trinajstić information content (AvgIpc) is 3.20. The summed E-state index contributed by atoms with van der Waals surface area (Å²) in [5.74, 6) is 0.186. The molecule has 0 amide bonds. The van der Waals surface area contributed by atoms with E-state index in [0.717, 1.165) is 30.8 Å². The summed E-state index contributed by atoms with van der Waals surface area (Å²) in [7, 11) is 0. The first-order valence-electron chi connectivity index (χ1n) is 10.4. The Morgan fingerprint density at radius 1 is 1.03 bits per heavy atom. The third-order valence-electron chi connectivity index (χ3n) is 6.43. The maximum Gasteiger partial charge on any atom is 0.163 e. The Morgan fingerprint density at radius 3 is 2.41 bits per heavy atom. The lowest BCUT2D eigenvalue weighted by Crippen LogP contribution is -2.62. The molecule has 0 saturated carbocycles. The summed E-state index contributed by atoms with van der Waals surface area (Å²) >= 11 is 12.3. The molecule has 1 saturated heterocycles. The highest BCUT2D eigenvalue weighted by Crippen LogP contribution is 2.40. The van der Waals surface area contributed by atoms with Crippen LogP contribution in [0.5, 0.6) is 0 Å². The second kappa shape index (κ2) is 8.03. The minimum absolute atomic E-state index is 0.0189. The van der Waals surface area contributed by atoms with Crippen molar-refractivity contribution in [1.29, 1.82) is 0 Å². The van der Waals surface area contributed by atoms with Crippen molar-refractivity contribution in [3.05, 3.63) is 69.2 Å². The van der Waals surface area contributed by atoms with E-state index in [9.17, 15) is 4.79 Å². The molecule has 29 heavy (non-hydrogen) atoms. The fraction of sp³-hybridized carbons (Fsp3) is 0.458. The predicted octanol–water partition coefficient (Wildman–Crippen LogP) is 4.98. The van der Waals surface area contributed by atoms with Gasteiger partial charge in [0.05, 0.1) is 10.0 Å². The van der Waals surface area contributed by atoms with E-state index in [0.29, 0.717) is 23.0 Å². The molecule has 154 valence electrons. The molecule has 2 aliphatic heterocycles. The Balaban J connectivity index is 1.75. The van der Waals surface area contributed by atoms with E-state index in [1.807, 2.05) is 18.2 Å². The second-order valence-corrected chi connectivity index (χ2v) is 9.83. The van der Waals surface area contributed by atoms with E-state index >= 15 is 0 Å². The molecule has 2 aromatic rings. The van der Waals surface area contributed by atoms with E-state index in [1.165, 1.54) is 18.4 Å². The molecule has 0 bridgehead atoms. The number of ketones is 1. The number of halogens is 2. The molecule has 5 heteroatoms. The monoisotopic (exact) mass is 430 g/mol. The largest absolute Gasteiger partial charge is 0.301 e. The molecule has 4 rings (SSSR count). The molecule has 1 unspecified atom stereocenters. The van der Waals surface area contributed by atoms with Gasteiger partial charge in [0.2, 0.25) is 0 Å². The van der Waals surface area contributed by atoms with Gasteiger partial charge >= 0.3 is 0 Å². The van der Waals surface area contributed by atoms with Gasteiger partial charge in [0.25, 0.3) is 0 Å². The van der Waals surface area contributed by atoms with Crippen molar-refractivity contribution in [3.8, 4) is 0 Å². The third-order valence-corrected chi connectivity index (χ3v) is 7.17. The van der Waals surface area contributed by atoms with Crippen LogP contribution in [0.3, 0.4) is 0 Å². The number of nitrogens with zero attached hydrogens (tertiary/aromatic N) is 1. The first kappa shape index (κ1) is 20.9. The van der Waals surface area contributed by atoms with Crippen LogP contribution in [-0.2, 0) is 22.2 Å². The second-order valence-electron chi connectivity index (χ2n) is 9.02. The van der Waals surface area contributed by atoms with Crippen LogP contribution in [-0.4, -0.2) is 36.9 Å². The summed E-state index contributed by atoms with van der Waals surface area (Å²) < 4.78 is 0. The number of Topliss-reactive ketones (excluding diaryl/α,β-unsaturated/α-hetero) is 1. The number of fused-ring (bicyclic) bond motifs is 1. The van der Waals surface area contributed by atoms with Crippen LogP contribution in [0.4, 0.5) is 0 Å². The molecule has 2 aliphatic rings. The highest BCUT2D eigenvalue weighted by atomic mass is 35.5. The molecule has 0 aromatic heterocycles. The SMILES string of the molecule is CC1(C)CNC(CN2CCCC2)(C(=O)Cc2ccc(Cl)c(Cl)c2)c2ccccc21. The van der Waals surface area contributed by atoms with E-state index in [1.54, 1.807) is 6.07 Å². The summed E-state index contributed by atoms with van der Waals surface area (Å²) in [6, 6.07) is 13.9. The topological polar surface area (TPSA) is 32.3 Å². The molecule has 1 fully saturated rings.